The first-order valence-corrected chi connectivity index (χ1v) is 12.4. The molecule has 1 aromatic carbocycles. The molecule has 35 heavy (non-hydrogen) atoms. The van der Waals surface area contributed by atoms with Gasteiger partial charge in [-0.2, -0.15) is 0 Å². The lowest BCUT2D eigenvalue weighted by Crippen LogP contribution is -2.45. The van der Waals surface area contributed by atoms with Crippen molar-refractivity contribution >= 4 is 18.3 Å². The van der Waals surface area contributed by atoms with E-state index < -0.39 is 6.10 Å². The molecule has 0 bridgehead atoms. The number of amides is 1. The van der Waals surface area contributed by atoms with E-state index in [0.29, 0.717) is 31.6 Å². The van der Waals surface area contributed by atoms with Crippen LogP contribution in [0.25, 0.3) is 0 Å². The van der Waals surface area contributed by atoms with Crippen LogP contribution in [-0.2, 0) is 16.0 Å². The molecule has 1 fully saturated rings. The summed E-state index contributed by atoms with van der Waals surface area (Å²) in [5.74, 6) is 2.20. The Morgan fingerprint density at radius 1 is 1.26 bits per heavy atom. The Labute approximate surface area is 217 Å². The number of halogens is 1. The number of carbonyl (C=O) groups excluding carboxylic acids is 1. The summed E-state index contributed by atoms with van der Waals surface area (Å²) >= 11 is 0. The molecule has 1 unspecified atom stereocenters. The number of methoxy groups -OCH3 is 2. The van der Waals surface area contributed by atoms with Crippen LogP contribution in [-0.4, -0.2) is 81.2 Å². The van der Waals surface area contributed by atoms with Crippen molar-refractivity contribution < 1.29 is 24.1 Å². The fourth-order valence-corrected chi connectivity index (χ4v) is 4.55. The van der Waals surface area contributed by atoms with Crippen LogP contribution in [0.3, 0.4) is 0 Å². The standard InChI is InChI=1S/C26H45N3O5.ClH/c1-18(2)21(13-20-7-8-25(33-5)26(14-20)34-12-6-11-32-4)15-23(27)24(31)17-29-10-9-22(16-29)28-19(3)30;/h7-8,14,18,21-24,31H,6,9-13,15-17,27H2,1-5H3,(H,28,30);1H/t21?,22-,23-,24-;/m0./s1. The minimum Gasteiger partial charge on any atom is -0.493 e. The average Bonchev–Trinajstić information content (AvgIpc) is 3.22. The third-order valence-electron chi connectivity index (χ3n) is 6.61. The van der Waals surface area contributed by atoms with Gasteiger partial charge in [0.1, 0.15) is 0 Å². The molecule has 0 aliphatic carbocycles. The van der Waals surface area contributed by atoms with Gasteiger partial charge in [0.25, 0.3) is 0 Å². The monoisotopic (exact) mass is 515 g/mol. The van der Waals surface area contributed by atoms with Gasteiger partial charge in [0.05, 0.1) is 19.8 Å². The number of nitrogens with two attached hydrogens (primary N) is 1. The van der Waals surface area contributed by atoms with Crippen molar-refractivity contribution in [3.8, 4) is 11.5 Å². The van der Waals surface area contributed by atoms with Crippen molar-refractivity contribution in [2.75, 3.05) is 47.1 Å². The minimum atomic E-state index is -0.604. The molecule has 0 spiro atoms. The van der Waals surface area contributed by atoms with Crippen LogP contribution in [0.15, 0.2) is 18.2 Å². The number of β-amino-alcohol motifs (C(OH)–C–C–N with tert-alkyl or cyclic N) is 1. The SMILES string of the molecule is COCCCOc1cc(CC(C[C@H](N)[C@@H](O)CN2CC[C@H](NC(C)=O)C2)C(C)C)ccc1OC.Cl. The van der Waals surface area contributed by atoms with Crippen molar-refractivity contribution in [1.29, 1.82) is 0 Å². The third kappa shape index (κ3) is 10.9. The smallest absolute Gasteiger partial charge is 0.217 e. The van der Waals surface area contributed by atoms with Gasteiger partial charge in [-0.15, -0.1) is 12.4 Å². The Morgan fingerprint density at radius 3 is 2.63 bits per heavy atom. The molecular formula is C26H46ClN3O5. The summed E-state index contributed by atoms with van der Waals surface area (Å²) in [6, 6.07) is 5.92. The van der Waals surface area contributed by atoms with Crippen LogP contribution in [0.5, 0.6) is 11.5 Å². The highest BCUT2D eigenvalue weighted by atomic mass is 35.5. The van der Waals surface area contributed by atoms with Crippen molar-refractivity contribution in [2.24, 2.45) is 17.6 Å². The zero-order chi connectivity index (χ0) is 25.1. The molecule has 0 saturated carbocycles. The molecule has 1 aliphatic rings. The Bertz CT molecular complexity index is 752. The number of hydrogen-bond acceptors (Lipinski definition) is 7. The Balaban J connectivity index is 0.00000612. The van der Waals surface area contributed by atoms with Gasteiger partial charge in [-0.1, -0.05) is 19.9 Å². The summed E-state index contributed by atoms with van der Waals surface area (Å²) in [6.45, 7) is 9.32. The lowest BCUT2D eigenvalue weighted by molar-refractivity contribution is -0.119. The lowest BCUT2D eigenvalue weighted by atomic mass is 9.83. The van der Waals surface area contributed by atoms with E-state index in [1.54, 1.807) is 21.1 Å². The summed E-state index contributed by atoms with van der Waals surface area (Å²) < 4.78 is 16.5. The largest absolute Gasteiger partial charge is 0.493 e. The zero-order valence-corrected chi connectivity index (χ0v) is 22.8. The Hall–Kier alpha value is -1.58. The number of carbonyl (C=O) groups is 1. The van der Waals surface area contributed by atoms with Crippen molar-refractivity contribution in [3.63, 3.8) is 0 Å². The molecule has 1 saturated heterocycles. The second-order valence-corrected chi connectivity index (χ2v) is 9.80. The molecule has 202 valence electrons. The van der Waals surface area contributed by atoms with E-state index in [-0.39, 0.29) is 30.4 Å². The van der Waals surface area contributed by atoms with Crippen LogP contribution in [0, 0.1) is 11.8 Å². The summed E-state index contributed by atoms with van der Waals surface area (Å²) in [5.41, 5.74) is 7.64. The number of ether oxygens (including phenoxy) is 3. The van der Waals surface area contributed by atoms with Gasteiger partial charge in [-0.05, 0) is 48.8 Å². The van der Waals surface area contributed by atoms with E-state index in [2.05, 4.69) is 36.2 Å². The number of likely N-dealkylation sites (tertiary alicyclic amines) is 1. The van der Waals surface area contributed by atoms with Crippen molar-refractivity contribution in [1.82, 2.24) is 10.2 Å². The number of aliphatic hydroxyl groups excluding tert-OH is 1. The molecule has 0 aromatic heterocycles. The van der Waals surface area contributed by atoms with Crippen molar-refractivity contribution in [2.45, 2.75) is 64.6 Å². The minimum absolute atomic E-state index is 0. The summed E-state index contributed by atoms with van der Waals surface area (Å²) in [7, 11) is 3.33. The van der Waals surface area contributed by atoms with Crippen LogP contribution < -0.4 is 20.5 Å². The van der Waals surface area contributed by atoms with Gasteiger partial charge in [-0.3, -0.25) is 9.69 Å². The highest BCUT2D eigenvalue weighted by molar-refractivity contribution is 5.85. The van der Waals surface area contributed by atoms with Gasteiger partial charge in [0.15, 0.2) is 11.5 Å². The Kier molecular flexibility index (Phi) is 14.6. The highest BCUT2D eigenvalue weighted by Gasteiger charge is 2.28. The maximum atomic E-state index is 11.3. The number of hydrogen-bond donors (Lipinski definition) is 3. The van der Waals surface area contributed by atoms with Crippen LogP contribution >= 0.6 is 12.4 Å². The normalized spacial score (nSPS) is 18.6. The number of nitrogens with one attached hydrogen (secondary N) is 1. The van der Waals surface area contributed by atoms with Gasteiger partial charge in [0.2, 0.25) is 5.91 Å². The molecule has 1 heterocycles. The summed E-state index contributed by atoms with van der Waals surface area (Å²) in [6.07, 6.45) is 2.70. The molecule has 0 radical (unpaired) electrons. The van der Waals surface area contributed by atoms with Gasteiger partial charge < -0.3 is 30.4 Å². The lowest BCUT2D eigenvalue weighted by Gasteiger charge is -2.29. The first-order valence-electron chi connectivity index (χ1n) is 12.4. The molecule has 9 heteroatoms. The quantitative estimate of drug-likeness (QED) is 0.308. The average molecular weight is 516 g/mol. The maximum Gasteiger partial charge on any atom is 0.217 e. The van der Waals surface area contributed by atoms with Crippen LogP contribution in [0.2, 0.25) is 0 Å². The number of nitrogens with zero attached hydrogens (tertiary/aromatic N) is 1. The Morgan fingerprint density at radius 2 is 2.00 bits per heavy atom. The molecule has 4 atom stereocenters. The first-order chi connectivity index (χ1) is 16.2. The molecule has 1 aromatic rings. The molecule has 8 nitrogen and oxygen atoms in total. The van der Waals surface area contributed by atoms with E-state index in [9.17, 15) is 9.90 Å². The molecular weight excluding hydrogens is 470 g/mol. The number of benzene rings is 1. The predicted molar refractivity (Wildman–Crippen MR) is 142 cm³/mol. The van der Waals surface area contributed by atoms with Gasteiger partial charge >= 0.3 is 0 Å². The van der Waals surface area contributed by atoms with Crippen LogP contribution in [0.1, 0.15) is 45.6 Å². The second kappa shape index (κ2) is 16.2. The maximum absolute atomic E-state index is 11.3. The first kappa shape index (κ1) is 31.4. The van der Waals surface area contributed by atoms with Gasteiger partial charge in [-0.25, -0.2) is 0 Å². The van der Waals surface area contributed by atoms with E-state index in [0.717, 1.165) is 50.3 Å². The molecule has 1 aliphatic heterocycles. The van der Waals surface area contributed by atoms with E-state index in [1.807, 2.05) is 6.07 Å². The number of aliphatic hydroxyl groups is 1. The highest BCUT2D eigenvalue weighted by Crippen LogP contribution is 2.31. The third-order valence-corrected chi connectivity index (χ3v) is 6.61. The van der Waals surface area contributed by atoms with Crippen molar-refractivity contribution in [3.05, 3.63) is 23.8 Å². The molecule has 4 N–H and O–H groups in total. The number of rotatable bonds is 15. The van der Waals surface area contributed by atoms with E-state index in [4.69, 9.17) is 19.9 Å². The predicted octanol–water partition coefficient (Wildman–Crippen LogP) is 2.64. The zero-order valence-electron chi connectivity index (χ0n) is 22.0. The summed E-state index contributed by atoms with van der Waals surface area (Å²) in [5, 5.41) is 13.8. The van der Waals surface area contributed by atoms with Gasteiger partial charge in [0, 0.05) is 58.8 Å². The molecule has 2 rings (SSSR count). The van der Waals surface area contributed by atoms with Crippen LogP contribution in [0.4, 0.5) is 0 Å². The fourth-order valence-electron chi connectivity index (χ4n) is 4.55. The topological polar surface area (TPSA) is 106 Å². The molecule has 1 amide bonds. The summed E-state index contributed by atoms with van der Waals surface area (Å²) in [4.78, 5) is 13.5. The fraction of sp³-hybridized carbons (Fsp3) is 0.731. The van der Waals surface area contributed by atoms with E-state index >= 15 is 0 Å². The van der Waals surface area contributed by atoms with E-state index in [1.165, 1.54) is 5.56 Å². The second-order valence-electron chi connectivity index (χ2n) is 9.80.